The standard InChI is InChI=1S/C9H9NO5/c11-4-3-6-5-7(9(12)13)1-2-8(6)10(14)15/h1-2,5,11H,3-4H2,(H,12,13). The van der Waals surface area contributed by atoms with Crippen LogP contribution in [0, 0.1) is 10.1 Å². The maximum Gasteiger partial charge on any atom is 0.335 e. The quantitative estimate of drug-likeness (QED) is 0.567. The molecule has 2 N–H and O–H groups in total. The fourth-order valence-corrected chi connectivity index (χ4v) is 1.22. The number of hydrogen-bond acceptors (Lipinski definition) is 4. The molecule has 15 heavy (non-hydrogen) atoms. The van der Waals surface area contributed by atoms with E-state index in [4.69, 9.17) is 10.2 Å². The van der Waals surface area contributed by atoms with Gasteiger partial charge in [-0.05, 0) is 12.1 Å². The van der Waals surface area contributed by atoms with Crippen LogP contribution in [0.4, 0.5) is 5.69 Å². The summed E-state index contributed by atoms with van der Waals surface area (Å²) in [4.78, 5) is 20.6. The number of aromatic carboxylic acids is 1. The van der Waals surface area contributed by atoms with Gasteiger partial charge < -0.3 is 10.2 Å². The zero-order valence-electron chi connectivity index (χ0n) is 7.71. The van der Waals surface area contributed by atoms with Gasteiger partial charge in [0, 0.05) is 24.7 Å². The van der Waals surface area contributed by atoms with Crippen molar-refractivity contribution in [2.75, 3.05) is 6.61 Å². The van der Waals surface area contributed by atoms with Gasteiger partial charge >= 0.3 is 5.97 Å². The predicted molar refractivity (Wildman–Crippen MR) is 50.8 cm³/mol. The number of carbonyl (C=O) groups is 1. The fourth-order valence-electron chi connectivity index (χ4n) is 1.22. The van der Waals surface area contributed by atoms with Gasteiger partial charge in [-0.25, -0.2) is 4.79 Å². The molecule has 0 fully saturated rings. The Morgan fingerprint density at radius 3 is 2.60 bits per heavy atom. The van der Waals surface area contributed by atoms with Crippen LogP contribution in [-0.2, 0) is 6.42 Å². The van der Waals surface area contributed by atoms with E-state index in [-0.39, 0.29) is 29.8 Å². The van der Waals surface area contributed by atoms with Crippen molar-refractivity contribution in [3.63, 3.8) is 0 Å². The number of carboxylic acids is 1. The minimum atomic E-state index is -1.15. The fraction of sp³-hybridized carbons (Fsp3) is 0.222. The van der Waals surface area contributed by atoms with Crippen molar-refractivity contribution in [3.8, 4) is 0 Å². The number of rotatable bonds is 4. The molecule has 0 unspecified atom stereocenters. The average molecular weight is 211 g/mol. The third-order valence-electron chi connectivity index (χ3n) is 1.90. The van der Waals surface area contributed by atoms with Crippen LogP contribution in [-0.4, -0.2) is 27.7 Å². The molecular formula is C9H9NO5. The Kier molecular flexibility index (Phi) is 3.35. The normalized spacial score (nSPS) is 9.93. The van der Waals surface area contributed by atoms with Crippen molar-refractivity contribution in [1.29, 1.82) is 0 Å². The molecule has 80 valence electrons. The summed E-state index contributed by atoms with van der Waals surface area (Å²) in [6.07, 6.45) is 0.0669. The predicted octanol–water partition coefficient (Wildman–Crippen LogP) is 0.828. The van der Waals surface area contributed by atoms with Gasteiger partial charge in [-0.15, -0.1) is 0 Å². The molecule has 0 amide bonds. The molecule has 0 saturated heterocycles. The van der Waals surface area contributed by atoms with E-state index in [1.54, 1.807) is 0 Å². The minimum absolute atomic E-state index is 0.0240. The number of nitrogens with zero attached hydrogens (tertiary/aromatic N) is 1. The number of aliphatic hydroxyl groups is 1. The maximum absolute atomic E-state index is 10.6. The lowest BCUT2D eigenvalue weighted by Gasteiger charge is -2.02. The van der Waals surface area contributed by atoms with E-state index in [1.165, 1.54) is 12.1 Å². The Hall–Kier alpha value is -1.95. The van der Waals surface area contributed by atoms with Crippen molar-refractivity contribution in [3.05, 3.63) is 39.4 Å². The third-order valence-corrected chi connectivity index (χ3v) is 1.90. The number of nitro groups is 1. The molecule has 0 aromatic heterocycles. The molecule has 0 bridgehead atoms. The highest BCUT2D eigenvalue weighted by Gasteiger charge is 2.15. The Bertz CT molecular complexity index is 401. The summed E-state index contributed by atoms with van der Waals surface area (Å²) in [7, 11) is 0. The van der Waals surface area contributed by atoms with Crippen molar-refractivity contribution >= 4 is 11.7 Å². The second-order valence-corrected chi connectivity index (χ2v) is 2.88. The zero-order valence-corrected chi connectivity index (χ0v) is 7.71. The van der Waals surface area contributed by atoms with E-state index in [9.17, 15) is 14.9 Å². The molecule has 0 radical (unpaired) electrons. The highest BCUT2D eigenvalue weighted by Crippen LogP contribution is 2.20. The molecular weight excluding hydrogens is 202 g/mol. The molecule has 0 spiro atoms. The van der Waals surface area contributed by atoms with Gasteiger partial charge in [0.05, 0.1) is 10.5 Å². The summed E-state index contributed by atoms with van der Waals surface area (Å²) in [6, 6.07) is 3.51. The molecule has 0 aliphatic rings. The first-order valence-electron chi connectivity index (χ1n) is 4.17. The van der Waals surface area contributed by atoms with E-state index in [2.05, 4.69) is 0 Å². The second kappa shape index (κ2) is 4.52. The van der Waals surface area contributed by atoms with Gasteiger partial charge in [0.2, 0.25) is 0 Å². The minimum Gasteiger partial charge on any atom is -0.478 e. The van der Waals surface area contributed by atoms with E-state index >= 15 is 0 Å². The van der Waals surface area contributed by atoms with E-state index in [1.807, 2.05) is 0 Å². The Morgan fingerprint density at radius 1 is 1.47 bits per heavy atom. The lowest BCUT2D eigenvalue weighted by molar-refractivity contribution is -0.385. The number of aliphatic hydroxyl groups excluding tert-OH is 1. The van der Waals surface area contributed by atoms with Gasteiger partial charge in [-0.2, -0.15) is 0 Å². The highest BCUT2D eigenvalue weighted by atomic mass is 16.6. The topological polar surface area (TPSA) is 101 Å². The molecule has 0 saturated carbocycles. The van der Waals surface area contributed by atoms with Crippen molar-refractivity contribution < 1.29 is 19.9 Å². The van der Waals surface area contributed by atoms with Gasteiger partial charge in [0.15, 0.2) is 0 Å². The van der Waals surface area contributed by atoms with Gasteiger partial charge in [0.25, 0.3) is 5.69 Å². The molecule has 0 atom stereocenters. The number of benzene rings is 1. The summed E-state index contributed by atoms with van der Waals surface area (Å²) >= 11 is 0. The van der Waals surface area contributed by atoms with Gasteiger partial charge in [-0.1, -0.05) is 0 Å². The maximum atomic E-state index is 10.6. The van der Waals surface area contributed by atoms with Crippen molar-refractivity contribution in [2.45, 2.75) is 6.42 Å². The number of nitro benzene ring substituents is 1. The highest BCUT2D eigenvalue weighted by molar-refractivity contribution is 5.88. The lowest BCUT2D eigenvalue weighted by Crippen LogP contribution is -2.02. The SMILES string of the molecule is O=C(O)c1ccc([N+](=O)[O-])c(CCO)c1. The summed E-state index contributed by atoms with van der Waals surface area (Å²) in [5.41, 5.74) is 0.0282. The first kappa shape index (κ1) is 11.1. The Labute approximate surface area is 84.9 Å². The molecule has 0 aliphatic heterocycles. The molecule has 6 heteroatoms. The van der Waals surface area contributed by atoms with Crippen molar-refractivity contribution in [1.82, 2.24) is 0 Å². The molecule has 1 rings (SSSR count). The largest absolute Gasteiger partial charge is 0.478 e. The van der Waals surface area contributed by atoms with Crippen LogP contribution >= 0.6 is 0 Å². The van der Waals surface area contributed by atoms with Crippen LogP contribution in [0.15, 0.2) is 18.2 Å². The summed E-state index contributed by atoms with van der Waals surface area (Å²) in [5, 5.41) is 27.9. The van der Waals surface area contributed by atoms with E-state index < -0.39 is 10.9 Å². The molecule has 1 aromatic rings. The van der Waals surface area contributed by atoms with E-state index in [0.717, 1.165) is 6.07 Å². The first-order chi connectivity index (χ1) is 7.06. The Morgan fingerprint density at radius 2 is 2.13 bits per heavy atom. The summed E-state index contributed by atoms with van der Waals surface area (Å²) in [5.74, 6) is -1.15. The second-order valence-electron chi connectivity index (χ2n) is 2.88. The molecule has 6 nitrogen and oxygen atoms in total. The van der Waals surface area contributed by atoms with Crippen LogP contribution in [0.5, 0.6) is 0 Å². The van der Waals surface area contributed by atoms with Gasteiger partial charge in [0.1, 0.15) is 0 Å². The first-order valence-corrected chi connectivity index (χ1v) is 4.17. The number of carboxylic acid groups (broad SMARTS) is 1. The van der Waals surface area contributed by atoms with Crippen molar-refractivity contribution in [2.24, 2.45) is 0 Å². The third kappa shape index (κ3) is 2.50. The van der Waals surface area contributed by atoms with Crippen LogP contribution in [0.1, 0.15) is 15.9 Å². The van der Waals surface area contributed by atoms with Crippen LogP contribution in [0.25, 0.3) is 0 Å². The smallest absolute Gasteiger partial charge is 0.335 e. The summed E-state index contributed by atoms with van der Waals surface area (Å²) < 4.78 is 0. The molecule has 0 aliphatic carbocycles. The van der Waals surface area contributed by atoms with Crippen LogP contribution < -0.4 is 0 Å². The monoisotopic (exact) mass is 211 g/mol. The summed E-state index contributed by atoms with van der Waals surface area (Å²) in [6.45, 7) is -0.260. The van der Waals surface area contributed by atoms with Crippen LogP contribution in [0.3, 0.4) is 0 Å². The average Bonchev–Trinajstić information content (AvgIpc) is 2.17. The molecule has 0 heterocycles. The van der Waals surface area contributed by atoms with Crippen LogP contribution in [0.2, 0.25) is 0 Å². The number of hydrogen-bond donors (Lipinski definition) is 2. The van der Waals surface area contributed by atoms with E-state index in [0.29, 0.717) is 0 Å². The Balaban J connectivity index is 3.20. The van der Waals surface area contributed by atoms with Gasteiger partial charge in [-0.3, -0.25) is 10.1 Å². The molecule has 1 aromatic carbocycles. The lowest BCUT2D eigenvalue weighted by atomic mass is 10.1. The zero-order chi connectivity index (χ0) is 11.4.